The number of para-hydroxylation sites is 2. The van der Waals surface area contributed by atoms with E-state index in [1.54, 1.807) is 24.3 Å². The Morgan fingerprint density at radius 2 is 0.850 bits per heavy atom. The van der Waals surface area contributed by atoms with Crippen molar-refractivity contribution < 1.29 is 18.9 Å². The molecular weight excluding hydrogens is 792 g/mol. The molecule has 304 valence electrons. The second-order valence-electron chi connectivity index (χ2n) is 12.3. The highest BCUT2D eigenvalue weighted by Crippen LogP contribution is 2.28. The first-order chi connectivity index (χ1) is 29.0. The summed E-state index contributed by atoms with van der Waals surface area (Å²) in [5.41, 5.74) is 1.75. The van der Waals surface area contributed by atoms with Crippen LogP contribution in [0.25, 0.3) is 0 Å². The van der Waals surface area contributed by atoms with Crippen LogP contribution < -0.4 is 41.7 Å². The number of H-pyrrole nitrogens is 4. The van der Waals surface area contributed by atoms with Crippen molar-refractivity contribution in [2.24, 2.45) is 0 Å². The Labute approximate surface area is 346 Å². The standard InChI is InChI=1S/3C11H10N2O2.C10H7ClN2O2/c1-8-2-4-9(5-3-8)15-10-6-12-11(14)13-7-10;1-8-3-2-4-9(5-8)15-10-6-12-11(14)13-7-10;1-8-4-2-3-5-10(8)15-9-6-12-11(14)13-7-9;11-8-3-1-2-4-9(8)15-7-5-12-10(14)13-6-7/h3*2-7H,1H3,(H,12,13,14);1-6H,(H,12,13,14). The van der Waals surface area contributed by atoms with Gasteiger partial charge < -0.3 is 38.9 Å². The number of halogens is 1. The third-order valence-corrected chi connectivity index (χ3v) is 7.77. The number of rotatable bonds is 8. The van der Waals surface area contributed by atoms with Crippen molar-refractivity contribution in [2.75, 3.05) is 0 Å². The molecule has 0 bridgehead atoms. The van der Waals surface area contributed by atoms with Crippen molar-refractivity contribution in [2.45, 2.75) is 20.8 Å². The number of ether oxygens (including phenoxy) is 4. The predicted octanol–water partition coefficient (Wildman–Crippen LogP) is 7.83. The smallest absolute Gasteiger partial charge is 0.345 e. The predicted molar refractivity (Wildman–Crippen MR) is 225 cm³/mol. The van der Waals surface area contributed by atoms with E-state index in [2.05, 4.69) is 39.9 Å². The minimum atomic E-state index is -0.415. The summed E-state index contributed by atoms with van der Waals surface area (Å²) in [6.07, 6.45) is 11.4. The van der Waals surface area contributed by atoms with Crippen LogP contribution in [0.2, 0.25) is 5.02 Å². The van der Waals surface area contributed by atoms with E-state index in [0.29, 0.717) is 33.8 Å². The highest BCUT2D eigenvalue weighted by molar-refractivity contribution is 6.32. The Balaban J connectivity index is 0.000000152. The molecule has 16 nitrogen and oxygen atoms in total. The van der Waals surface area contributed by atoms with Crippen LogP contribution in [0, 0.1) is 20.8 Å². The van der Waals surface area contributed by atoms with Crippen LogP contribution >= 0.6 is 11.6 Å². The van der Waals surface area contributed by atoms with Gasteiger partial charge in [-0.3, -0.25) is 0 Å². The molecule has 0 aliphatic rings. The third-order valence-electron chi connectivity index (χ3n) is 7.46. The molecule has 17 heteroatoms. The zero-order chi connectivity index (χ0) is 42.7. The van der Waals surface area contributed by atoms with Gasteiger partial charge in [-0.15, -0.1) is 0 Å². The molecule has 4 heterocycles. The quantitative estimate of drug-likeness (QED) is 0.115. The zero-order valence-electron chi connectivity index (χ0n) is 32.3. The summed E-state index contributed by atoms with van der Waals surface area (Å²) in [6, 6.07) is 30.0. The maximum absolute atomic E-state index is 10.7. The lowest BCUT2D eigenvalue weighted by molar-refractivity contribution is 0.473. The molecule has 4 aromatic carbocycles. The Morgan fingerprint density at radius 3 is 1.30 bits per heavy atom. The Hall–Kier alpha value is -8.11. The van der Waals surface area contributed by atoms with Gasteiger partial charge >= 0.3 is 22.8 Å². The van der Waals surface area contributed by atoms with E-state index >= 15 is 0 Å². The van der Waals surface area contributed by atoms with E-state index in [1.165, 1.54) is 55.1 Å². The number of hydrogen-bond acceptors (Lipinski definition) is 12. The van der Waals surface area contributed by atoms with Crippen molar-refractivity contribution in [3.05, 3.63) is 210 Å². The fourth-order valence-corrected chi connectivity index (χ4v) is 4.73. The summed E-state index contributed by atoms with van der Waals surface area (Å²) in [5.74, 6) is 4.70. The average Bonchev–Trinajstić information content (AvgIpc) is 3.25. The van der Waals surface area contributed by atoms with Crippen LogP contribution in [0.1, 0.15) is 16.7 Å². The molecule has 8 aromatic rings. The van der Waals surface area contributed by atoms with Crippen LogP contribution in [-0.4, -0.2) is 39.9 Å². The Morgan fingerprint density at radius 1 is 0.417 bits per heavy atom. The molecule has 4 aromatic heterocycles. The number of benzene rings is 4. The van der Waals surface area contributed by atoms with Crippen molar-refractivity contribution in [1.82, 2.24) is 39.9 Å². The molecule has 0 spiro atoms. The number of hydrogen-bond donors (Lipinski definition) is 4. The van der Waals surface area contributed by atoms with Crippen LogP contribution in [-0.2, 0) is 0 Å². The van der Waals surface area contributed by atoms with E-state index in [0.717, 1.165) is 28.4 Å². The minimum absolute atomic E-state index is 0.382. The maximum Gasteiger partial charge on any atom is 0.345 e. The molecule has 8 rings (SSSR count). The van der Waals surface area contributed by atoms with Gasteiger partial charge in [-0.1, -0.05) is 71.8 Å². The zero-order valence-corrected chi connectivity index (χ0v) is 33.0. The molecule has 0 unspecified atom stereocenters. The number of aromatic nitrogens is 8. The minimum Gasteiger partial charge on any atom is -0.454 e. The van der Waals surface area contributed by atoms with E-state index in [4.69, 9.17) is 30.5 Å². The van der Waals surface area contributed by atoms with Gasteiger partial charge in [0, 0.05) is 0 Å². The lowest BCUT2D eigenvalue weighted by Gasteiger charge is -2.06. The van der Waals surface area contributed by atoms with E-state index in [9.17, 15) is 19.2 Å². The molecule has 0 fully saturated rings. The summed E-state index contributed by atoms with van der Waals surface area (Å²) in [4.78, 5) is 66.8. The number of nitrogens with zero attached hydrogens (tertiary/aromatic N) is 4. The van der Waals surface area contributed by atoms with Gasteiger partial charge in [0.2, 0.25) is 0 Å². The maximum atomic E-state index is 10.7. The average molecular weight is 829 g/mol. The molecule has 0 saturated heterocycles. The summed E-state index contributed by atoms with van der Waals surface area (Å²) >= 11 is 5.89. The fraction of sp³-hybridized carbons (Fsp3) is 0.0698. The van der Waals surface area contributed by atoms with E-state index < -0.39 is 5.69 Å². The number of nitrogens with one attached hydrogen (secondary N) is 4. The van der Waals surface area contributed by atoms with Crippen molar-refractivity contribution in [3.63, 3.8) is 0 Å². The largest absolute Gasteiger partial charge is 0.454 e. The molecule has 0 atom stereocenters. The summed E-state index contributed by atoms with van der Waals surface area (Å²) < 4.78 is 21.9. The lowest BCUT2D eigenvalue weighted by Crippen LogP contribution is -2.07. The van der Waals surface area contributed by atoms with E-state index in [-0.39, 0.29) is 17.1 Å². The Kier molecular flexibility index (Phi) is 15.8. The number of aryl methyl sites for hydroxylation is 3. The van der Waals surface area contributed by atoms with Gasteiger partial charge in [0.05, 0.1) is 54.6 Å². The van der Waals surface area contributed by atoms with Gasteiger partial charge in [0.25, 0.3) is 0 Å². The van der Waals surface area contributed by atoms with Gasteiger partial charge in [-0.05, 0) is 74.4 Å². The van der Waals surface area contributed by atoms with E-state index in [1.807, 2.05) is 93.6 Å². The van der Waals surface area contributed by atoms with Crippen LogP contribution in [0.15, 0.2) is 166 Å². The molecule has 60 heavy (non-hydrogen) atoms. The van der Waals surface area contributed by atoms with Crippen LogP contribution in [0.4, 0.5) is 0 Å². The molecule has 0 amide bonds. The second-order valence-corrected chi connectivity index (χ2v) is 12.7. The van der Waals surface area contributed by atoms with Crippen LogP contribution in [0.3, 0.4) is 0 Å². The monoisotopic (exact) mass is 828 g/mol. The summed E-state index contributed by atoms with van der Waals surface area (Å²) in [6.45, 7) is 5.94. The first kappa shape index (κ1) is 43.0. The van der Waals surface area contributed by atoms with Crippen molar-refractivity contribution in [3.8, 4) is 46.0 Å². The molecule has 0 aliphatic carbocycles. The fourth-order valence-electron chi connectivity index (χ4n) is 4.55. The Bertz CT molecular complexity index is 2670. The molecule has 4 N–H and O–H groups in total. The highest BCUT2D eigenvalue weighted by atomic mass is 35.5. The SMILES string of the molecule is Cc1ccc(Oc2cnc(=O)[nH]c2)cc1.Cc1cccc(Oc2cnc(=O)[nH]c2)c1.Cc1ccccc1Oc1cnc(=O)[nH]c1.O=c1ncc(Oc2ccccc2Cl)c[nH]1. The van der Waals surface area contributed by atoms with Gasteiger partial charge in [0.15, 0.2) is 23.0 Å². The molecular formula is C43H37ClN8O8. The lowest BCUT2D eigenvalue weighted by atomic mass is 10.2. The topological polar surface area (TPSA) is 220 Å². The highest BCUT2D eigenvalue weighted by Gasteiger charge is 2.03. The van der Waals surface area contributed by atoms with Gasteiger partial charge in [0.1, 0.15) is 23.0 Å². The normalized spacial score (nSPS) is 9.93. The van der Waals surface area contributed by atoms with Gasteiger partial charge in [-0.2, -0.15) is 19.9 Å². The number of aromatic amines is 4. The summed E-state index contributed by atoms with van der Waals surface area (Å²) in [5, 5.41) is 0.503. The van der Waals surface area contributed by atoms with Crippen molar-refractivity contribution in [1.29, 1.82) is 0 Å². The second kappa shape index (κ2) is 22.0. The van der Waals surface area contributed by atoms with Crippen LogP contribution in [0.5, 0.6) is 46.0 Å². The molecule has 0 radical (unpaired) electrons. The van der Waals surface area contributed by atoms with Crippen molar-refractivity contribution >= 4 is 11.6 Å². The molecule has 0 saturated carbocycles. The third kappa shape index (κ3) is 14.8. The first-order valence-corrected chi connectivity index (χ1v) is 18.2. The van der Waals surface area contributed by atoms with Gasteiger partial charge in [-0.25, -0.2) is 19.2 Å². The molecule has 0 aliphatic heterocycles. The first-order valence-electron chi connectivity index (χ1n) is 17.8. The summed E-state index contributed by atoms with van der Waals surface area (Å²) in [7, 11) is 0.